The van der Waals surface area contributed by atoms with E-state index in [1.54, 1.807) is 28.5 Å². The maximum atomic E-state index is 12.6. The van der Waals surface area contributed by atoms with E-state index in [-0.39, 0.29) is 6.42 Å². The maximum absolute atomic E-state index is 12.6. The molecule has 0 heterocycles. The number of rotatable bonds is 9. The highest BCUT2D eigenvalue weighted by molar-refractivity contribution is 8.76. The minimum atomic E-state index is -0.770. The van der Waals surface area contributed by atoms with E-state index >= 15 is 0 Å². The molecular weight excluding hydrogens is 404 g/mol. The summed E-state index contributed by atoms with van der Waals surface area (Å²) < 4.78 is 11.3. The standard InChI is InChI=1S/C23H28O4S2/c1-6-28-29-19-14-10-11-16(2)21(19)26-20(24)15-17(3)22(25)27-23(4,5)18-12-8-7-9-13-18/h7-14,17H,6,15H2,1-5H3/t17-/m0/s1. The molecule has 0 amide bonds. The van der Waals surface area contributed by atoms with Gasteiger partial charge < -0.3 is 9.47 Å². The molecule has 0 saturated carbocycles. The third-order valence-electron chi connectivity index (χ3n) is 4.36. The maximum Gasteiger partial charge on any atom is 0.312 e. The molecule has 0 N–H and O–H groups in total. The summed E-state index contributed by atoms with van der Waals surface area (Å²) in [5.74, 6) is 0.0529. The van der Waals surface area contributed by atoms with Crippen molar-refractivity contribution < 1.29 is 19.1 Å². The van der Waals surface area contributed by atoms with Crippen molar-refractivity contribution in [2.45, 2.75) is 51.5 Å². The van der Waals surface area contributed by atoms with Crippen LogP contribution in [0.3, 0.4) is 0 Å². The van der Waals surface area contributed by atoms with Gasteiger partial charge in [-0.3, -0.25) is 9.59 Å². The van der Waals surface area contributed by atoms with Crippen LogP contribution in [0, 0.1) is 12.8 Å². The molecule has 0 bridgehead atoms. The minimum Gasteiger partial charge on any atom is -0.455 e. The van der Waals surface area contributed by atoms with Gasteiger partial charge in [-0.25, -0.2) is 0 Å². The van der Waals surface area contributed by atoms with Crippen LogP contribution in [-0.4, -0.2) is 17.7 Å². The van der Waals surface area contributed by atoms with Gasteiger partial charge in [-0.1, -0.05) is 77.9 Å². The van der Waals surface area contributed by atoms with Gasteiger partial charge in [0.25, 0.3) is 0 Å². The molecule has 0 aliphatic heterocycles. The Morgan fingerprint density at radius 3 is 2.41 bits per heavy atom. The fourth-order valence-corrected chi connectivity index (χ4v) is 4.47. The Hall–Kier alpha value is -1.92. The van der Waals surface area contributed by atoms with Crippen molar-refractivity contribution in [1.29, 1.82) is 0 Å². The molecule has 29 heavy (non-hydrogen) atoms. The first-order valence-corrected chi connectivity index (χ1v) is 11.9. The van der Waals surface area contributed by atoms with Crippen molar-refractivity contribution in [3.8, 4) is 5.75 Å². The van der Waals surface area contributed by atoms with Gasteiger partial charge >= 0.3 is 11.9 Å². The van der Waals surface area contributed by atoms with Crippen LogP contribution >= 0.6 is 21.6 Å². The van der Waals surface area contributed by atoms with Crippen LogP contribution < -0.4 is 4.74 Å². The van der Waals surface area contributed by atoms with E-state index in [0.717, 1.165) is 21.8 Å². The largest absolute Gasteiger partial charge is 0.455 e. The van der Waals surface area contributed by atoms with Crippen molar-refractivity contribution in [2.75, 3.05) is 5.75 Å². The lowest BCUT2D eigenvalue weighted by Crippen LogP contribution is -2.30. The number of esters is 2. The minimum absolute atomic E-state index is 0.0386. The van der Waals surface area contributed by atoms with Gasteiger partial charge in [0.05, 0.1) is 17.2 Å². The first-order valence-electron chi connectivity index (χ1n) is 9.62. The topological polar surface area (TPSA) is 52.6 Å². The zero-order chi connectivity index (χ0) is 21.4. The van der Waals surface area contributed by atoms with Crippen LogP contribution in [0.4, 0.5) is 0 Å². The summed E-state index contributed by atoms with van der Waals surface area (Å²) in [6.45, 7) is 9.35. The molecule has 0 fully saturated rings. The fourth-order valence-electron chi connectivity index (χ4n) is 2.68. The van der Waals surface area contributed by atoms with Crippen LogP contribution in [-0.2, 0) is 19.9 Å². The molecule has 156 valence electrons. The molecule has 2 aromatic carbocycles. The van der Waals surface area contributed by atoms with Gasteiger partial charge in [0, 0.05) is 5.75 Å². The first-order chi connectivity index (χ1) is 13.7. The number of carbonyl (C=O) groups is 2. The van der Waals surface area contributed by atoms with E-state index in [0.29, 0.717) is 5.75 Å². The van der Waals surface area contributed by atoms with E-state index in [4.69, 9.17) is 9.47 Å². The fraction of sp³-hybridized carbons (Fsp3) is 0.391. The van der Waals surface area contributed by atoms with Crippen LogP contribution in [0.25, 0.3) is 0 Å². The summed E-state index contributed by atoms with van der Waals surface area (Å²) in [5.41, 5.74) is 1.02. The molecule has 2 aromatic rings. The van der Waals surface area contributed by atoms with Crippen molar-refractivity contribution in [2.24, 2.45) is 5.92 Å². The predicted molar refractivity (Wildman–Crippen MR) is 120 cm³/mol. The van der Waals surface area contributed by atoms with Gasteiger partial charge in [0.2, 0.25) is 0 Å². The van der Waals surface area contributed by atoms with E-state index < -0.39 is 23.5 Å². The van der Waals surface area contributed by atoms with Gasteiger partial charge in [-0.2, -0.15) is 0 Å². The van der Waals surface area contributed by atoms with Crippen molar-refractivity contribution >= 4 is 33.5 Å². The van der Waals surface area contributed by atoms with E-state index in [2.05, 4.69) is 6.92 Å². The van der Waals surface area contributed by atoms with Crippen molar-refractivity contribution in [3.05, 3.63) is 59.7 Å². The van der Waals surface area contributed by atoms with Crippen molar-refractivity contribution in [3.63, 3.8) is 0 Å². The zero-order valence-corrected chi connectivity index (χ0v) is 19.2. The van der Waals surface area contributed by atoms with Crippen LogP contribution in [0.5, 0.6) is 5.75 Å². The van der Waals surface area contributed by atoms with Crippen LogP contribution in [0.15, 0.2) is 53.4 Å². The highest BCUT2D eigenvalue weighted by Crippen LogP contribution is 2.39. The SMILES string of the molecule is CCSSc1cccc(C)c1OC(=O)C[C@H](C)C(=O)OC(C)(C)c1ccccc1. The summed E-state index contributed by atoms with van der Waals surface area (Å²) in [6.07, 6.45) is -0.0386. The monoisotopic (exact) mass is 432 g/mol. The average molecular weight is 433 g/mol. The third-order valence-corrected chi connectivity index (χ3v) is 6.81. The average Bonchev–Trinajstić information content (AvgIpc) is 2.68. The van der Waals surface area contributed by atoms with Gasteiger partial charge in [-0.05, 0) is 38.0 Å². The molecule has 6 heteroatoms. The zero-order valence-electron chi connectivity index (χ0n) is 17.6. The van der Waals surface area contributed by atoms with Crippen LogP contribution in [0.1, 0.15) is 45.2 Å². The molecular formula is C23H28O4S2. The molecule has 1 atom stereocenters. The predicted octanol–water partition coefficient (Wildman–Crippen LogP) is 6.17. The molecule has 0 aliphatic rings. The summed E-state index contributed by atoms with van der Waals surface area (Å²) in [7, 11) is 3.27. The number of hydrogen-bond acceptors (Lipinski definition) is 6. The first kappa shape index (κ1) is 23.4. The summed E-state index contributed by atoms with van der Waals surface area (Å²) in [4.78, 5) is 26.0. The van der Waals surface area contributed by atoms with Crippen LogP contribution in [0.2, 0.25) is 0 Å². The van der Waals surface area contributed by atoms with E-state index in [9.17, 15) is 9.59 Å². The summed E-state index contributed by atoms with van der Waals surface area (Å²) in [6, 6.07) is 15.3. The van der Waals surface area contributed by atoms with E-state index in [1.165, 1.54) is 0 Å². The Bertz CT molecular complexity index is 834. The third kappa shape index (κ3) is 6.82. The number of ether oxygens (including phenoxy) is 2. The molecule has 2 rings (SSSR count). The van der Waals surface area contributed by atoms with Gasteiger partial charge in [-0.15, -0.1) is 0 Å². The lowest BCUT2D eigenvalue weighted by atomic mass is 9.97. The van der Waals surface area contributed by atoms with E-state index in [1.807, 2.05) is 69.3 Å². The Labute approximate surface area is 181 Å². The Balaban J connectivity index is 1.99. The quantitative estimate of drug-likeness (QED) is 0.268. The lowest BCUT2D eigenvalue weighted by molar-refractivity contribution is -0.164. The van der Waals surface area contributed by atoms with Gasteiger partial charge in [0.1, 0.15) is 11.4 Å². The molecule has 0 radical (unpaired) electrons. The number of carbonyl (C=O) groups excluding carboxylic acids is 2. The molecule has 0 saturated heterocycles. The van der Waals surface area contributed by atoms with Gasteiger partial charge in [0.15, 0.2) is 0 Å². The highest BCUT2D eigenvalue weighted by atomic mass is 33.1. The number of hydrogen-bond donors (Lipinski definition) is 0. The molecule has 0 aromatic heterocycles. The number of para-hydroxylation sites is 1. The summed E-state index contributed by atoms with van der Waals surface area (Å²) >= 11 is 0. The van der Waals surface area contributed by atoms with Crippen molar-refractivity contribution in [1.82, 2.24) is 0 Å². The second kappa shape index (κ2) is 10.7. The Morgan fingerprint density at radius 1 is 1.07 bits per heavy atom. The normalized spacial score (nSPS) is 12.3. The molecule has 0 aliphatic carbocycles. The molecule has 4 nitrogen and oxygen atoms in total. The number of benzene rings is 2. The Kier molecular flexibility index (Phi) is 8.65. The highest BCUT2D eigenvalue weighted by Gasteiger charge is 2.29. The Morgan fingerprint density at radius 2 is 1.76 bits per heavy atom. The molecule has 0 unspecified atom stereocenters. The second-order valence-electron chi connectivity index (χ2n) is 7.27. The molecule has 0 spiro atoms. The summed E-state index contributed by atoms with van der Waals surface area (Å²) in [5, 5.41) is 0. The lowest BCUT2D eigenvalue weighted by Gasteiger charge is -2.27. The number of aryl methyl sites for hydroxylation is 1. The smallest absolute Gasteiger partial charge is 0.312 e. The second-order valence-corrected chi connectivity index (χ2v) is 9.90.